The highest BCUT2D eigenvalue weighted by Gasteiger charge is 2.46. The summed E-state index contributed by atoms with van der Waals surface area (Å²) >= 11 is 0. The van der Waals surface area contributed by atoms with E-state index in [0.29, 0.717) is 11.8 Å². The van der Waals surface area contributed by atoms with E-state index in [1.54, 1.807) is 7.11 Å². The largest absolute Gasteiger partial charge is 0.497 e. The molecule has 0 unspecified atom stereocenters. The summed E-state index contributed by atoms with van der Waals surface area (Å²) in [7, 11) is 0.745. The van der Waals surface area contributed by atoms with Gasteiger partial charge in [0, 0.05) is 4.90 Å². The number of allylic oxidation sites excluding steroid dienone is 2. The van der Waals surface area contributed by atoms with Crippen molar-refractivity contribution in [2.75, 3.05) is 7.11 Å². The van der Waals surface area contributed by atoms with Crippen molar-refractivity contribution in [1.29, 1.82) is 0 Å². The standard InChI is InChI=1S/C21H22O2S/c1-14-3-10-18(11-4-14)24(22)21-16-7-12-19(21)20(13-16)15-5-8-17(23-2)9-6-15/h3-6,8-11,13,16,19,21H,7,12H2,1-2H3/t16-,19+,21+,24-/m0/s1. The molecular weight excluding hydrogens is 316 g/mol. The Bertz CT molecular complexity index is 790. The van der Waals surface area contributed by atoms with Gasteiger partial charge in [-0.15, -0.1) is 0 Å². The molecule has 1 fully saturated rings. The summed E-state index contributed by atoms with van der Waals surface area (Å²) in [6.07, 6.45) is 4.67. The SMILES string of the molecule is COc1ccc(C2=C[C@@H]3CC[C@H]2[C@@H]3[S@@](=O)c2ccc(C)cc2)cc1. The molecule has 3 heteroatoms. The zero-order valence-corrected chi connectivity index (χ0v) is 14.9. The van der Waals surface area contributed by atoms with E-state index in [1.807, 2.05) is 24.3 Å². The van der Waals surface area contributed by atoms with Crippen LogP contribution in [0.2, 0.25) is 0 Å². The van der Waals surface area contributed by atoms with Crippen LogP contribution in [-0.4, -0.2) is 16.6 Å². The highest BCUT2D eigenvalue weighted by molar-refractivity contribution is 7.85. The van der Waals surface area contributed by atoms with E-state index in [0.717, 1.165) is 23.5 Å². The van der Waals surface area contributed by atoms with Gasteiger partial charge in [-0.2, -0.15) is 0 Å². The molecule has 0 radical (unpaired) electrons. The van der Waals surface area contributed by atoms with Gasteiger partial charge in [-0.25, -0.2) is 0 Å². The molecule has 0 heterocycles. The highest BCUT2D eigenvalue weighted by atomic mass is 32.2. The first-order valence-corrected chi connectivity index (χ1v) is 9.72. The van der Waals surface area contributed by atoms with Gasteiger partial charge in [0.2, 0.25) is 0 Å². The number of rotatable bonds is 4. The van der Waals surface area contributed by atoms with Crippen LogP contribution in [0.25, 0.3) is 5.57 Å². The van der Waals surface area contributed by atoms with Gasteiger partial charge in [-0.1, -0.05) is 35.9 Å². The molecule has 4 atom stereocenters. The molecule has 0 spiro atoms. The number of hydrogen-bond donors (Lipinski definition) is 0. The Kier molecular flexibility index (Phi) is 4.05. The zero-order valence-electron chi connectivity index (χ0n) is 14.1. The average Bonchev–Trinajstić information content (AvgIpc) is 3.20. The number of hydrogen-bond acceptors (Lipinski definition) is 2. The molecular formula is C21H22O2S. The lowest BCUT2D eigenvalue weighted by atomic mass is 9.92. The maximum atomic E-state index is 13.2. The molecule has 2 aliphatic carbocycles. The molecule has 2 aromatic rings. The Morgan fingerprint density at radius 3 is 2.38 bits per heavy atom. The van der Waals surface area contributed by atoms with E-state index < -0.39 is 10.8 Å². The summed E-state index contributed by atoms with van der Waals surface area (Å²) in [5.41, 5.74) is 3.83. The van der Waals surface area contributed by atoms with Crippen LogP contribution in [-0.2, 0) is 10.8 Å². The number of fused-ring (bicyclic) bond motifs is 2. The van der Waals surface area contributed by atoms with E-state index in [2.05, 4.69) is 37.3 Å². The van der Waals surface area contributed by atoms with Crippen LogP contribution in [0.3, 0.4) is 0 Å². The normalized spacial score (nSPS) is 26.2. The minimum absolute atomic E-state index is 0.227. The molecule has 2 nitrogen and oxygen atoms in total. The Morgan fingerprint density at radius 1 is 1.00 bits per heavy atom. The summed E-state index contributed by atoms with van der Waals surface area (Å²) < 4.78 is 18.4. The molecule has 4 rings (SSSR count). The molecule has 2 aromatic carbocycles. The summed E-state index contributed by atoms with van der Waals surface area (Å²) in [4.78, 5) is 0.965. The van der Waals surface area contributed by atoms with Gasteiger partial charge in [-0.3, -0.25) is 4.21 Å². The third kappa shape index (κ3) is 2.61. The maximum absolute atomic E-state index is 13.2. The molecule has 0 aromatic heterocycles. The molecule has 124 valence electrons. The van der Waals surface area contributed by atoms with Crippen molar-refractivity contribution in [2.45, 2.75) is 29.9 Å². The molecule has 2 aliphatic rings. The second-order valence-corrected chi connectivity index (χ2v) is 8.38. The first kappa shape index (κ1) is 15.6. The van der Waals surface area contributed by atoms with Gasteiger partial charge in [0.25, 0.3) is 0 Å². The fraction of sp³-hybridized carbons (Fsp3) is 0.333. The predicted octanol–water partition coefficient (Wildman–Crippen LogP) is 4.60. The molecule has 0 saturated heterocycles. The van der Waals surface area contributed by atoms with Gasteiger partial charge in [0.1, 0.15) is 5.75 Å². The fourth-order valence-electron chi connectivity index (χ4n) is 4.10. The Hall–Kier alpha value is -1.87. The molecule has 24 heavy (non-hydrogen) atoms. The van der Waals surface area contributed by atoms with Gasteiger partial charge in [0.05, 0.1) is 23.2 Å². The van der Waals surface area contributed by atoms with Gasteiger partial charge >= 0.3 is 0 Å². The smallest absolute Gasteiger partial charge is 0.118 e. The topological polar surface area (TPSA) is 26.3 Å². The van der Waals surface area contributed by atoms with E-state index in [9.17, 15) is 4.21 Å². The van der Waals surface area contributed by atoms with E-state index in [4.69, 9.17) is 4.74 Å². The first-order valence-electron chi connectivity index (χ1n) is 8.51. The first-order chi connectivity index (χ1) is 11.7. The average molecular weight is 338 g/mol. The van der Waals surface area contributed by atoms with Gasteiger partial charge in [0.15, 0.2) is 0 Å². The van der Waals surface area contributed by atoms with Crippen LogP contribution in [0.5, 0.6) is 5.75 Å². The zero-order chi connectivity index (χ0) is 16.7. The monoisotopic (exact) mass is 338 g/mol. The lowest BCUT2D eigenvalue weighted by molar-refractivity contribution is 0.415. The van der Waals surface area contributed by atoms with Crippen molar-refractivity contribution in [1.82, 2.24) is 0 Å². The van der Waals surface area contributed by atoms with Gasteiger partial charge < -0.3 is 4.74 Å². The summed E-state index contributed by atoms with van der Waals surface area (Å²) in [6.45, 7) is 2.06. The molecule has 2 bridgehead atoms. The van der Waals surface area contributed by atoms with Crippen LogP contribution in [0.4, 0.5) is 0 Å². The Morgan fingerprint density at radius 2 is 1.71 bits per heavy atom. The lowest BCUT2D eigenvalue weighted by Gasteiger charge is -2.19. The number of benzene rings is 2. The van der Waals surface area contributed by atoms with Crippen LogP contribution in [0.15, 0.2) is 59.5 Å². The fourth-order valence-corrected chi connectivity index (χ4v) is 5.93. The maximum Gasteiger partial charge on any atom is 0.118 e. The third-order valence-electron chi connectivity index (χ3n) is 5.35. The molecule has 0 amide bonds. The minimum atomic E-state index is -0.942. The van der Waals surface area contributed by atoms with E-state index >= 15 is 0 Å². The lowest BCUT2D eigenvalue weighted by Crippen LogP contribution is -2.22. The van der Waals surface area contributed by atoms with Crippen LogP contribution in [0.1, 0.15) is 24.0 Å². The number of methoxy groups -OCH3 is 1. The summed E-state index contributed by atoms with van der Waals surface area (Å²) in [6, 6.07) is 16.4. The Labute approximate surface area is 146 Å². The van der Waals surface area contributed by atoms with Crippen molar-refractivity contribution in [2.24, 2.45) is 11.8 Å². The van der Waals surface area contributed by atoms with Crippen molar-refractivity contribution in [3.05, 3.63) is 65.7 Å². The number of ether oxygens (including phenoxy) is 1. The van der Waals surface area contributed by atoms with E-state index in [1.165, 1.54) is 16.7 Å². The summed E-state index contributed by atoms with van der Waals surface area (Å²) in [5, 5.41) is 0.227. The summed E-state index contributed by atoms with van der Waals surface area (Å²) in [5.74, 6) is 1.72. The second kappa shape index (κ2) is 6.21. The second-order valence-electron chi connectivity index (χ2n) is 6.77. The number of aryl methyl sites for hydroxylation is 1. The Balaban J connectivity index is 1.60. The quantitative estimate of drug-likeness (QED) is 0.814. The van der Waals surface area contributed by atoms with Crippen LogP contribution in [0, 0.1) is 18.8 Å². The molecule has 0 N–H and O–H groups in total. The van der Waals surface area contributed by atoms with Crippen molar-refractivity contribution in [3.8, 4) is 5.75 Å². The molecule has 0 aliphatic heterocycles. The molecule has 1 saturated carbocycles. The van der Waals surface area contributed by atoms with E-state index in [-0.39, 0.29) is 5.25 Å². The van der Waals surface area contributed by atoms with Gasteiger partial charge in [-0.05, 0) is 67.0 Å². The third-order valence-corrected chi connectivity index (χ3v) is 7.26. The highest BCUT2D eigenvalue weighted by Crippen LogP contribution is 2.51. The van der Waals surface area contributed by atoms with Crippen molar-refractivity contribution < 1.29 is 8.95 Å². The van der Waals surface area contributed by atoms with Crippen LogP contribution < -0.4 is 4.74 Å². The van der Waals surface area contributed by atoms with Crippen molar-refractivity contribution >= 4 is 16.4 Å². The van der Waals surface area contributed by atoms with Crippen molar-refractivity contribution in [3.63, 3.8) is 0 Å². The predicted molar refractivity (Wildman–Crippen MR) is 98.6 cm³/mol. The minimum Gasteiger partial charge on any atom is -0.497 e. The van der Waals surface area contributed by atoms with Crippen LogP contribution >= 0.6 is 0 Å².